The van der Waals surface area contributed by atoms with Crippen molar-refractivity contribution in [1.82, 2.24) is 5.32 Å². The second-order valence-corrected chi connectivity index (χ2v) is 7.81. The zero-order valence-electron chi connectivity index (χ0n) is 14.6. The quantitative estimate of drug-likeness (QED) is 0.841. The number of thioether (sulfide) groups is 1. The number of fused-ring (bicyclic) bond motifs is 1. The molecule has 26 heavy (non-hydrogen) atoms. The van der Waals surface area contributed by atoms with Crippen molar-refractivity contribution < 1.29 is 9.59 Å². The topological polar surface area (TPSA) is 49.4 Å². The van der Waals surface area contributed by atoms with Crippen molar-refractivity contribution in [2.24, 2.45) is 0 Å². The van der Waals surface area contributed by atoms with Gasteiger partial charge in [-0.2, -0.15) is 0 Å². The highest BCUT2D eigenvalue weighted by atomic mass is 32.2. The number of rotatable bonds is 4. The molecule has 1 heterocycles. The highest BCUT2D eigenvalue weighted by Crippen LogP contribution is 2.41. The molecule has 132 valence electrons. The van der Waals surface area contributed by atoms with E-state index in [4.69, 9.17) is 0 Å². The van der Waals surface area contributed by atoms with Gasteiger partial charge in [-0.15, -0.1) is 0 Å². The summed E-state index contributed by atoms with van der Waals surface area (Å²) in [6, 6.07) is 16.1. The molecule has 0 aromatic heterocycles. The van der Waals surface area contributed by atoms with Gasteiger partial charge in [0.2, 0.25) is 5.91 Å². The Bertz CT molecular complexity index is 885. The van der Waals surface area contributed by atoms with Gasteiger partial charge in [-0.1, -0.05) is 53.7 Å². The number of carbonyl (C=O) groups excluding carboxylic acids is 2. The van der Waals surface area contributed by atoms with E-state index in [0.29, 0.717) is 4.91 Å². The van der Waals surface area contributed by atoms with Gasteiger partial charge < -0.3 is 5.32 Å². The van der Waals surface area contributed by atoms with Crippen molar-refractivity contribution in [3.05, 3.63) is 64.6 Å². The summed E-state index contributed by atoms with van der Waals surface area (Å²) < 4.78 is 0. The monoisotopic (exact) mass is 364 g/mol. The van der Waals surface area contributed by atoms with Crippen molar-refractivity contribution in [2.45, 2.75) is 30.7 Å². The van der Waals surface area contributed by atoms with Gasteiger partial charge in [0, 0.05) is 10.9 Å². The van der Waals surface area contributed by atoms with Crippen LogP contribution in [0.3, 0.4) is 0 Å². The summed E-state index contributed by atoms with van der Waals surface area (Å²) >= 11 is 1.46. The number of hydrogen-bond acceptors (Lipinski definition) is 3. The van der Waals surface area contributed by atoms with Gasteiger partial charge in [0.05, 0.1) is 10.6 Å². The second kappa shape index (κ2) is 7.00. The zero-order chi connectivity index (χ0) is 18.1. The maximum Gasteiger partial charge on any atom is 0.265 e. The first-order valence-corrected chi connectivity index (χ1v) is 9.58. The van der Waals surface area contributed by atoms with Crippen molar-refractivity contribution >= 4 is 35.3 Å². The number of carbonyl (C=O) groups is 2. The molecule has 0 spiro atoms. The van der Waals surface area contributed by atoms with Crippen LogP contribution in [-0.4, -0.2) is 24.4 Å². The third-order valence-electron chi connectivity index (χ3n) is 4.45. The van der Waals surface area contributed by atoms with Crippen LogP contribution in [0.1, 0.15) is 24.0 Å². The summed E-state index contributed by atoms with van der Waals surface area (Å²) in [7, 11) is 0. The molecule has 2 aliphatic rings. The molecule has 1 saturated carbocycles. The molecule has 1 aliphatic heterocycles. The summed E-state index contributed by atoms with van der Waals surface area (Å²) in [5.41, 5.74) is 2.96. The third-order valence-corrected chi connectivity index (χ3v) is 5.53. The van der Waals surface area contributed by atoms with Gasteiger partial charge in [-0.3, -0.25) is 14.5 Å². The largest absolute Gasteiger partial charge is 0.352 e. The van der Waals surface area contributed by atoms with Gasteiger partial charge in [0.25, 0.3) is 5.91 Å². The number of amides is 2. The number of benzene rings is 2. The smallest absolute Gasteiger partial charge is 0.265 e. The molecular formula is C21H20N2O2S. The molecule has 2 aromatic rings. The Morgan fingerprint density at radius 1 is 1.19 bits per heavy atom. The van der Waals surface area contributed by atoms with Crippen LogP contribution in [0, 0.1) is 6.92 Å². The van der Waals surface area contributed by atoms with Crippen LogP contribution in [0.5, 0.6) is 0 Å². The Balaban J connectivity index is 1.64. The number of aryl methyl sites for hydroxylation is 1. The molecule has 2 aromatic carbocycles. The molecule has 0 atom stereocenters. The Labute approximate surface area is 157 Å². The van der Waals surface area contributed by atoms with E-state index in [2.05, 4.69) is 5.32 Å². The molecule has 0 radical (unpaired) electrons. The van der Waals surface area contributed by atoms with E-state index in [9.17, 15) is 9.59 Å². The maximum atomic E-state index is 13.1. The second-order valence-electron chi connectivity index (χ2n) is 6.72. The first kappa shape index (κ1) is 16.9. The lowest BCUT2D eigenvalue weighted by Crippen LogP contribution is -2.43. The molecule has 0 unspecified atom stereocenters. The van der Waals surface area contributed by atoms with Crippen molar-refractivity contribution in [3.8, 4) is 0 Å². The third kappa shape index (κ3) is 3.68. The lowest BCUT2D eigenvalue weighted by atomic mass is 10.1. The van der Waals surface area contributed by atoms with Gasteiger partial charge in [-0.05, 0) is 43.5 Å². The minimum atomic E-state index is -0.125. The average Bonchev–Trinajstić information content (AvgIpc) is 3.44. The first-order chi connectivity index (χ1) is 12.6. The van der Waals surface area contributed by atoms with Gasteiger partial charge >= 0.3 is 0 Å². The van der Waals surface area contributed by atoms with Crippen LogP contribution in [0.4, 0.5) is 5.69 Å². The molecule has 5 heteroatoms. The van der Waals surface area contributed by atoms with E-state index in [-0.39, 0.29) is 24.4 Å². The predicted molar refractivity (Wildman–Crippen MR) is 105 cm³/mol. The lowest BCUT2D eigenvalue weighted by Gasteiger charge is -2.29. The average molecular weight is 364 g/mol. The van der Waals surface area contributed by atoms with E-state index in [1.165, 1.54) is 17.3 Å². The molecule has 4 nitrogen and oxygen atoms in total. The van der Waals surface area contributed by atoms with Crippen LogP contribution < -0.4 is 10.2 Å². The summed E-state index contributed by atoms with van der Waals surface area (Å²) in [6.07, 6.45) is 3.96. The number of hydrogen-bond donors (Lipinski definition) is 1. The van der Waals surface area contributed by atoms with E-state index in [1.807, 2.05) is 61.5 Å². The number of para-hydroxylation sites is 1. The highest BCUT2D eigenvalue weighted by molar-refractivity contribution is 8.04. The van der Waals surface area contributed by atoms with E-state index >= 15 is 0 Å². The molecular weight excluding hydrogens is 344 g/mol. The minimum Gasteiger partial charge on any atom is -0.352 e. The van der Waals surface area contributed by atoms with Crippen LogP contribution in [-0.2, 0) is 9.59 Å². The van der Waals surface area contributed by atoms with Crippen molar-refractivity contribution in [1.29, 1.82) is 0 Å². The lowest BCUT2D eigenvalue weighted by molar-refractivity contribution is -0.122. The molecule has 1 aliphatic carbocycles. The number of nitrogens with zero attached hydrogens (tertiary/aromatic N) is 1. The normalized spacial score (nSPS) is 18.0. The standard InChI is InChI=1S/C21H20N2O2S/c1-14-6-8-15(9-7-14)12-19-21(25)23(13-20(24)22-16-10-11-16)17-4-2-3-5-18(17)26-19/h2-9,12,16H,10-11,13H2,1H3,(H,22,24). The highest BCUT2D eigenvalue weighted by Gasteiger charge is 2.31. The summed E-state index contributed by atoms with van der Waals surface area (Å²) in [6.45, 7) is 2.09. The molecule has 0 bridgehead atoms. The van der Waals surface area contributed by atoms with Gasteiger partial charge in [0.15, 0.2) is 0 Å². The van der Waals surface area contributed by atoms with Crippen molar-refractivity contribution in [3.63, 3.8) is 0 Å². The van der Waals surface area contributed by atoms with Crippen LogP contribution in [0.15, 0.2) is 58.3 Å². The minimum absolute atomic E-state index is 0.0537. The van der Waals surface area contributed by atoms with E-state index < -0.39 is 0 Å². The van der Waals surface area contributed by atoms with Crippen LogP contribution in [0.25, 0.3) is 6.08 Å². The molecule has 1 N–H and O–H groups in total. The predicted octanol–water partition coefficient (Wildman–Crippen LogP) is 3.75. The Hall–Kier alpha value is -2.53. The molecule has 2 amide bonds. The fourth-order valence-corrected chi connectivity index (χ4v) is 3.94. The Morgan fingerprint density at radius 2 is 1.92 bits per heavy atom. The maximum absolute atomic E-state index is 13.1. The fraction of sp³-hybridized carbons (Fsp3) is 0.238. The SMILES string of the molecule is Cc1ccc(C=C2Sc3ccccc3N(CC(=O)NC3CC3)C2=O)cc1. The first-order valence-electron chi connectivity index (χ1n) is 8.76. The van der Waals surface area contributed by atoms with Crippen LogP contribution in [0.2, 0.25) is 0 Å². The summed E-state index contributed by atoms with van der Waals surface area (Å²) in [5, 5.41) is 2.96. The van der Waals surface area contributed by atoms with E-state index in [1.54, 1.807) is 4.90 Å². The fourth-order valence-electron chi connectivity index (χ4n) is 2.88. The van der Waals surface area contributed by atoms with E-state index in [0.717, 1.165) is 29.0 Å². The van der Waals surface area contributed by atoms with Gasteiger partial charge in [-0.25, -0.2) is 0 Å². The summed E-state index contributed by atoms with van der Waals surface area (Å²) in [4.78, 5) is 28.6. The number of nitrogens with one attached hydrogen (secondary N) is 1. The van der Waals surface area contributed by atoms with Crippen molar-refractivity contribution in [2.75, 3.05) is 11.4 Å². The molecule has 1 fully saturated rings. The Kier molecular flexibility index (Phi) is 4.55. The summed E-state index contributed by atoms with van der Waals surface area (Å²) in [5.74, 6) is -0.225. The number of anilines is 1. The van der Waals surface area contributed by atoms with Gasteiger partial charge in [0.1, 0.15) is 6.54 Å². The molecule has 4 rings (SSSR count). The van der Waals surface area contributed by atoms with Crippen LogP contribution >= 0.6 is 11.8 Å². The Morgan fingerprint density at radius 3 is 2.65 bits per heavy atom. The molecule has 0 saturated heterocycles. The zero-order valence-corrected chi connectivity index (χ0v) is 15.4.